The van der Waals surface area contributed by atoms with Gasteiger partial charge in [-0.2, -0.15) is 0 Å². The molecule has 4 rings (SSSR count). The molecule has 0 fully saturated rings. The van der Waals surface area contributed by atoms with Crippen molar-refractivity contribution in [2.24, 2.45) is 0 Å². The first-order valence-corrected chi connectivity index (χ1v) is 10.1. The van der Waals surface area contributed by atoms with Crippen LogP contribution in [0.25, 0.3) is 0 Å². The summed E-state index contributed by atoms with van der Waals surface area (Å²) in [4.78, 5) is 0.291. The molecule has 3 aromatic rings. The van der Waals surface area contributed by atoms with Gasteiger partial charge in [-0.25, -0.2) is 13.1 Å². The van der Waals surface area contributed by atoms with Gasteiger partial charge < -0.3 is 4.57 Å². The van der Waals surface area contributed by atoms with Crippen molar-refractivity contribution in [1.29, 1.82) is 0 Å². The van der Waals surface area contributed by atoms with Gasteiger partial charge in [-0.3, -0.25) is 0 Å². The highest BCUT2D eigenvalue weighted by Crippen LogP contribution is 2.19. The van der Waals surface area contributed by atoms with E-state index in [4.69, 9.17) is 0 Å². The van der Waals surface area contributed by atoms with Gasteiger partial charge in [0.25, 0.3) is 0 Å². The van der Waals surface area contributed by atoms with E-state index >= 15 is 0 Å². The highest BCUT2D eigenvalue weighted by molar-refractivity contribution is 7.89. The lowest BCUT2D eigenvalue weighted by Gasteiger charge is -2.25. The first-order valence-electron chi connectivity index (χ1n) is 8.64. The van der Waals surface area contributed by atoms with E-state index in [1.807, 2.05) is 18.2 Å². The van der Waals surface area contributed by atoms with Crippen LogP contribution in [0.5, 0.6) is 0 Å². The predicted molar refractivity (Wildman–Crippen MR) is 98.1 cm³/mol. The van der Waals surface area contributed by atoms with Crippen LogP contribution >= 0.6 is 0 Å². The number of aromatic nitrogens is 3. The molecule has 6 nitrogen and oxygen atoms in total. The molecular weight excluding hydrogens is 348 g/mol. The summed E-state index contributed by atoms with van der Waals surface area (Å²) in [6.45, 7) is 0.552. The van der Waals surface area contributed by atoms with Gasteiger partial charge in [-0.15, -0.1) is 10.2 Å². The minimum atomic E-state index is -3.52. The third kappa shape index (κ3) is 3.54. The molecule has 2 aromatic carbocycles. The van der Waals surface area contributed by atoms with Crippen LogP contribution in [0.1, 0.15) is 23.6 Å². The second-order valence-electron chi connectivity index (χ2n) is 6.48. The summed E-state index contributed by atoms with van der Waals surface area (Å²) in [5.41, 5.74) is 1.16. The normalized spacial score (nSPS) is 17.0. The van der Waals surface area contributed by atoms with Crippen LogP contribution in [-0.2, 0) is 29.4 Å². The lowest BCUT2D eigenvalue weighted by Crippen LogP contribution is -2.41. The molecular formula is C19H20N4O2S. The maximum atomic E-state index is 12.6. The fourth-order valence-corrected chi connectivity index (χ4v) is 4.56. The number of hydrogen-bond acceptors (Lipinski definition) is 4. The Morgan fingerprint density at radius 3 is 2.42 bits per heavy atom. The van der Waals surface area contributed by atoms with E-state index in [-0.39, 0.29) is 6.04 Å². The van der Waals surface area contributed by atoms with Gasteiger partial charge in [-0.05, 0) is 24.1 Å². The molecule has 26 heavy (non-hydrogen) atoms. The quantitative estimate of drug-likeness (QED) is 0.749. The fourth-order valence-electron chi connectivity index (χ4n) is 3.28. The molecule has 1 aliphatic rings. The maximum absolute atomic E-state index is 12.6. The van der Waals surface area contributed by atoms with Crippen LogP contribution < -0.4 is 4.72 Å². The average Bonchev–Trinajstić information content (AvgIpc) is 3.05. The molecule has 0 saturated heterocycles. The Kier molecular flexibility index (Phi) is 4.57. The first kappa shape index (κ1) is 16.9. The molecule has 0 bridgehead atoms. The Morgan fingerprint density at radius 2 is 1.69 bits per heavy atom. The van der Waals surface area contributed by atoms with Crippen molar-refractivity contribution in [3.63, 3.8) is 0 Å². The number of sulfonamides is 1. The van der Waals surface area contributed by atoms with Gasteiger partial charge >= 0.3 is 0 Å². The molecule has 0 saturated carbocycles. The monoisotopic (exact) mass is 368 g/mol. The summed E-state index contributed by atoms with van der Waals surface area (Å²) in [5.74, 6) is 1.79. The van der Waals surface area contributed by atoms with Gasteiger partial charge in [0.1, 0.15) is 11.6 Å². The van der Waals surface area contributed by atoms with E-state index in [0.29, 0.717) is 24.3 Å². The summed E-state index contributed by atoms with van der Waals surface area (Å²) in [7, 11) is -3.52. The van der Waals surface area contributed by atoms with Crippen molar-refractivity contribution in [1.82, 2.24) is 19.5 Å². The number of rotatable bonds is 5. The van der Waals surface area contributed by atoms with E-state index in [1.165, 1.54) is 0 Å². The van der Waals surface area contributed by atoms with Crippen LogP contribution in [0.2, 0.25) is 0 Å². The second-order valence-corrected chi connectivity index (χ2v) is 8.19. The van der Waals surface area contributed by atoms with E-state index in [0.717, 1.165) is 23.6 Å². The number of hydrogen-bond donors (Lipinski definition) is 1. The predicted octanol–water partition coefficient (Wildman–Crippen LogP) is 2.16. The lowest BCUT2D eigenvalue weighted by molar-refractivity contribution is 0.414. The van der Waals surface area contributed by atoms with Crippen molar-refractivity contribution < 1.29 is 8.42 Å². The van der Waals surface area contributed by atoms with Gasteiger partial charge in [-0.1, -0.05) is 48.5 Å². The highest BCUT2D eigenvalue weighted by atomic mass is 32.2. The van der Waals surface area contributed by atoms with Gasteiger partial charge in [0.15, 0.2) is 0 Å². The van der Waals surface area contributed by atoms with E-state index < -0.39 is 10.0 Å². The lowest BCUT2D eigenvalue weighted by atomic mass is 10.1. The molecule has 2 heterocycles. The summed E-state index contributed by atoms with van der Waals surface area (Å²) in [5, 5.41) is 8.60. The highest BCUT2D eigenvalue weighted by Gasteiger charge is 2.26. The zero-order chi connectivity index (χ0) is 18.0. The molecule has 134 valence electrons. The van der Waals surface area contributed by atoms with Crippen LogP contribution in [0.4, 0.5) is 0 Å². The van der Waals surface area contributed by atoms with Crippen molar-refractivity contribution in [2.45, 2.75) is 36.7 Å². The van der Waals surface area contributed by atoms with Gasteiger partial charge in [0.2, 0.25) is 10.0 Å². The minimum absolute atomic E-state index is 0.168. The van der Waals surface area contributed by atoms with Crippen LogP contribution in [0.15, 0.2) is 65.6 Å². The second kappa shape index (κ2) is 7.01. The summed E-state index contributed by atoms with van der Waals surface area (Å²) in [6, 6.07) is 18.4. The summed E-state index contributed by atoms with van der Waals surface area (Å²) >= 11 is 0. The molecule has 0 aliphatic carbocycles. The Hall–Kier alpha value is -2.51. The molecule has 7 heteroatoms. The number of nitrogens with zero attached hydrogens (tertiary/aromatic N) is 3. The van der Waals surface area contributed by atoms with Crippen LogP contribution in [0, 0.1) is 0 Å². The number of aryl methyl sites for hydroxylation is 1. The van der Waals surface area contributed by atoms with Gasteiger partial charge in [0.05, 0.1) is 4.90 Å². The van der Waals surface area contributed by atoms with Crippen molar-refractivity contribution >= 4 is 10.0 Å². The molecule has 0 amide bonds. The average molecular weight is 368 g/mol. The standard InChI is InChI=1S/C19H20N4O2S/c24-26(25,17-9-5-2-6-10-17)22-16-11-12-18-20-21-19(23(18)14-16)13-15-7-3-1-4-8-15/h1-10,16,22H,11-14H2. The number of benzene rings is 2. The summed E-state index contributed by atoms with van der Waals surface area (Å²) < 4.78 is 30.0. The molecule has 1 aliphatic heterocycles. The first-order chi connectivity index (χ1) is 12.6. The zero-order valence-electron chi connectivity index (χ0n) is 14.2. The van der Waals surface area contributed by atoms with E-state index in [9.17, 15) is 8.42 Å². The Morgan fingerprint density at radius 1 is 1.00 bits per heavy atom. The smallest absolute Gasteiger partial charge is 0.240 e. The SMILES string of the molecule is O=S(=O)(NC1CCc2nnc(Cc3ccccc3)n2C1)c1ccccc1. The molecule has 1 atom stereocenters. The summed E-state index contributed by atoms with van der Waals surface area (Å²) in [6.07, 6.45) is 2.12. The van der Waals surface area contributed by atoms with Crippen molar-refractivity contribution in [2.75, 3.05) is 0 Å². The van der Waals surface area contributed by atoms with Crippen molar-refractivity contribution in [3.05, 3.63) is 77.9 Å². The molecule has 1 unspecified atom stereocenters. The van der Waals surface area contributed by atoms with Crippen molar-refractivity contribution in [3.8, 4) is 0 Å². The molecule has 0 spiro atoms. The minimum Gasteiger partial charge on any atom is -0.313 e. The Bertz CT molecular complexity index is 985. The van der Waals surface area contributed by atoms with Crippen LogP contribution in [0.3, 0.4) is 0 Å². The number of nitrogens with one attached hydrogen (secondary N) is 1. The third-order valence-electron chi connectivity index (χ3n) is 4.60. The van der Waals surface area contributed by atoms with E-state index in [1.54, 1.807) is 30.3 Å². The largest absolute Gasteiger partial charge is 0.313 e. The third-order valence-corrected chi connectivity index (χ3v) is 6.14. The molecule has 0 radical (unpaired) electrons. The maximum Gasteiger partial charge on any atom is 0.240 e. The number of fused-ring (bicyclic) bond motifs is 1. The van der Waals surface area contributed by atoms with E-state index in [2.05, 4.69) is 31.6 Å². The Labute approximate surface area is 153 Å². The molecule has 1 aromatic heterocycles. The molecule has 1 N–H and O–H groups in total. The van der Waals surface area contributed by atoms with Gasteiger partial charge in [0, 0.05) is 25.4 Å². The fraction of sp³-hybridized carbons (Fsp3) is 0.263. The zero-order valence-corrected chi connectivity index (χ0v) is 15.1. The topological polar surface area (TPSA) is 76.9 Å². The Balaban J connectivity index is 1.52. The van der Waals surface area contributed by atoms with Crippen LogP contribution in [-0.4, -0.2) is 29.2 Å².